The number of carbonyl (C=O) groups excluding carboxylic acids is 1. The Labute approximate surface area is 141 Å². The summed E-state index contributed by atoms with van der Waals surface area (Å²) in [6.07, 6.45) is 1.51. The molecular weight excluding hydrogens is 332 g/mol. The van der Waals surface area contributed by atoms with Gasteiger partial charge in [0.15, 0.2) is 0 Å². The molecule has 7 heteroatoms. The molecule has 0 unspecified atom stereocenters. The fourth-order valence-electron chi connectivity index (χ4n) is 1.94. The molecule has 3 aromatic rings. The van der Waals surface area contributed by atoms with Crippen LogP contribution in [0.5, 0.6) is 11.5 Å². The lowest BCUT2D eigenvalue weighted by molar-refractivity contribution is -0.131. The van der Waals surface area contributed by atoms with E-state index in [0.29, 0.717) is 12.4 Å². The maximum atomic E-state index is 12.0. The van der Waals surface area contributed by atoms with Gasteiger partial charge in [0, 0.05) is 5.39 Å². The zero-order valence-electron chi connectivity index (χ0n) is 12.4. The van der Waals surface area contributed by atoms with Gasteiger partial charge in [0.2, 0.25) is 0 Å². The highest BCUT2D eigenvalue weighted by atomic mass is 32.2. The Morgan fingerprint density at radius 3 is 2.74 bits per heavy atom. The molecule has 118 valence electrons. The number of nitrogens with zero attached hydrogens (tertiary/aromatic N) is 2. The van der Waals surface area contributed by atoms with E-state index in [1.807, 2.05) is 18.4 Å². The van der Waals surface area contributed by atoms with Crippen LogP contribution in [0.25, 0.3) is 10.2 Å². The monoisotopic (exact) mass is 346 g/mol. The minimum Gasteiger partial charge on any atom is -0.494 e. The van der Waals surface area contributed by atoms with E-state index in [2.05, 4.69) is 9.97 Å². The first-order chi connectivity index (χ1) is 11.3. The van der Waals surface area contributed by atoms with Crippen molar-refractivity contribution >= 4 is 39.3 Å². The van der Waals surface area contributed by atoms with Gasteiger partial charge >= 0.3 is 5.97 Å². The van der Waals surface area contributed by atoms with Gasteiger partial charge in [-0.25, -0.2) is 9.97 Å². The predicted molar refractivity (Wildman–Crippen MR) is 91.4 cm³/mol. The number of esters is 1. The van der Waals surface area contributed by atoms with E-state index in [0.717, 1.165) is 21.0 Å². The maximum Gasteiger partial charge on any atom is 0.321 e. The Hall–Kier alpha value is -2.12. The Bertz CT molecular complexity index is 802. The molecule has 1 aromatic carbocycles. The number of thioether (sulfide) groups is 1. The average molecular weight is 346 g/mol. The largest absolute Gasteiger partial charge is 0.494 e. The minimum absolute atomic E-state index is 0.190. The second kappa shape index (κ2) is 7.43. The summed E-state index contributed by atoms with van der Waals surface area (Å²) in [6.45, 7) is 2.52. The van der Waals surface area contributed by atoms with Crippen molar-refractivity contribution in [3.05, 3.63) is 42.0 Å². The van der Waals surface area contributed by atoms with Gasteiger partial charge in [0.1, 0.15) is 27.7 Å². The molecule has 0 amide bonds. The number of rotatable bonds is 6. The molecule has 0 fully saturated rings. The number of aromatic nitrogens is 2. The van der Waals surface area contributed by atoms with Crippen LogP contribution in [-0.4, -0.2) is 28.3 Å². The zero-order valence-corrected chi connectivity index (χ0v) is 14.0. The van der Waals surface area contributed by atoms with E-state index in [4.69, 9.17) is 9.47 Å². The molecule has 2 heterocycles. The fraction of sp³-hybridized carbons (Fsp3) is 0.188. The predicted octanol–water partition coefficient (Wildman–Crippen LogP) is 3.79. The molecule has 0 saturated carbocycles. The molecule has 5 nitrogen and oxygen atoms in total. The van der Waals surface area contributed by atoms with E-state index in [1.165, 1.54) is 18.1 Å². The van der Waals surface area contributed by atoms with Gasteiger partial charge in [-0.15, -0.1) is 11.3 Å². The number of ether oxygens (including phenoxy) is 2. The van der Waals surface area contributed by atoms with Crippen molar-refractivity contribution < 1.29 is 14.3 Å². The van der Waals surface area contributed by atoms with Crippen LogP contribution >= 0.6 is 23.1 Å². The Morgan fingerprint density at radius 2 is 1.96 bits per heavy atom. The van der Waals surface area contributed by atoms with Gasteiger partial charge in [-0.3, -0.25) is 4.79 Å². The third-order valence-electron chi connectivity index (χ3n) is 2.92. The molecule has 0 spiro atoms. The second-order valence-corrected chi connectivity index (χ2v) is 6.34. The molecular formula is C16H14N2O3S2. The molecule has 3 rings (SSSR count). The molecule has 23 heavy (non-hydrogen) atoms. The lowest BCUT2D eigenvalue weighted by atomic mass is 10.3. The van der Waals surface area contributed by atoms with Crippen LogP contribution < -0.4 is 9.47 Å². The van der Waals surface area contributed by atoms with Crippen molar-refractivity contribution in [2.24, 2.45) is 0 Å². The quantitative estimate of drug-likeness (QED) is 0.293. The van der Waals surface area contributed by atoms with Crippen LogP contribution in [0.15, 0.2) is 47.1 Å². The number of hydrogen-bond acceptors (Lipinski definition) is 7. The fourth-order valence-corrected chi connectivity index (χ4v) is 3.49. The Balaban J connectivity index is 1.58. The van der Waals surface area contributed by atoms with Crippen molar-refractivity contribution in [1.29, 1.82) is 0 Å². The third kappa shape index (κ3) is 4.00. The first kappa shape index (κ1) is 15.8. The average Bonchev–Trinajstić information content (AvgIpc) is 3.04. The molecule has 0 aliphatic heterocycles. The smallest absolute Gasteiger partial charge is 0.321 e. The highest BCUT2D eigenvalue weighted by Gasteiger charge is 2.10. The molecule has 0 N–H and O–H groups in total. The lowest BCUT2D eigenvalue weighted by Crippen LogP contribution is -2.10. The lowest BCUT2D eigenvalue weighted by Gasteiger charge is -2.06. The molecule has 0 atom stereocenters. The molecule has 0 saturated heterocycles. The topological polar surface area (TPSA) is 61.3 Å². The maximum absolute atomic E-state index is 12.0. The summed E-state index contributed by atoms with van der Waals surface area (Å²) in [4.78, 5) is 21.3. The Kier molecular flexibility index (Phi) is 5.09. The van der Waals surface area contributed by atoms with E-state index in [9.17, 15) is 4.79 Å². The van der Waals surface area contributed by atoms with Crippen molar-refractivity contribution in [2.45, 2.75) is 11.9 Å². The summed E-state index contributed by atoms with van der Waals surface area (Å²) in [7, 11) is 0. The van der Waals surface area contributed by atoms with Gasteiger partial charge in [-0.05, 0) is 42.6 Å². The van der Waals surface area contributed by atoms with E-state index < -0.39 is 0 Å². The number of carbonyl (C=O) groups is 1. The summed E-state index contributed by atoms with van der Waals surface area (Å²) in [5.74, 6) is 1.13. The first-order valence-corrected chi connectivity index (χ1v) is 8.87. The van der Waals surface area contributed by atoms with Crippen molar-refractivity contribution in [2.75, 3.05) is 12.4 Å². The van der Waals surface area contributed by atoms with Crippen LogP contribution in [0.1, 0.15) is 6.92 Å². The van der Waals surface area contributed by atoms with Gasteiger partial charge in [-0.2, -0.15) is 0 Å². The number of benzene rings is 1. The van der Waals surface area contributed by atoms with Crippen molar-refractivity contribution in [3.63, 3.8) is 0 Å². The zero-order chi connectivity index (χ0) is 16.1. The number of fused-ring (bicyclic) bond motifs is 1. The summed E-state index contributed by atoms with van der Waals surface area (Å²) < 4.78 is 10.7. The van der Waals surface area contributed by atoms with Gasteiger partial charge < -0.3 is 9.47 Å². The summed E-state index contributed by atoms with van der Waals surface area (Å²) in [5, 5.41) is 3.72. The van der Waals surface area contributed by atoms with Crippen LogP contribution in [0.3, 0.4) is 0 Å². The van der Waals surface area contributed by atoms with Gasteiger partial charge in [0.05, 0.1) is 12.4 Å². The van der Waals surface area contributed by atoms with E-state index in [-0.39, 0.29) is 11.7 Å². The van der Waals surface area contributed by atoms with Crippen molar-refractivity contribution in [3.8, 4) is 11.5 Å². The molecule has 2 aromatic heterocycles. The summed E-state index contributed by atoms with van der Waals surface area (Å²) in [5.41, 5.74) is 0. The molecule has 0 aliphatic rings. The summed E-state index contributed by atoms with van der Waals surface area (Å²) in [6, 6.07) is 8.95. The van der Waals surface area contributed by atoms with E-state index >= 15 is 0 Å². The highest BCUT2D eigenvalue weighted by molar-refractivity contribution is 8.00. The normalized spacial score (nSPS) is 10.7. The highest BCUT2D eigenvalue weighted by Crippen LogP contribution is 2.27. The number of hydrogen-bond donors (Lipinski definition) is 0. The first-order valence-electron chi connectivity index (χ1n) is 7.01. The van der Waals surface area contributed by atoms with E-state index in [1.54, 1.807) is 35.6 Å². The van der Waals surface area contributed by atoms with Crippen LogP contribution in [0.2, 0.25) is 0 Å². The second-order valence-electron chi connectivity index (χ2n) is 4.49. The minimum atomic E-state index is -0.318. The standard InChI is InChI=1S/C16H14N2O3S2/c1-2-20-11-3-5-12(6-4-11)21-14(19)9-23-16-13-7-8-22-15(13)17-10-18-16/h3-8,10H,2,9H2,1H3. The van der Waals surface area contributed by atoms with Gasteiger partial charge in [-0.1, -0.05) is 11.8 Å². The SMILES string of the molecule is CCOc1ccc(OC(=O)CSc2ncnc3sccc23)cc1. The molecule has 0 bridgehead atoms. The van der Waals surface area contributed by atoms with Gasteiger partial charge in [0.25, 0.3) is 0 Å². The summed E-state index contributed by atoms with van der Waals surface area (Å²) >= 11 is 2.90. The molecule has 0 radical (unpaired) electrons. The third-order valence-corrected chi connectivity index (χ3v) is 4.72. The molecule has 0 aliphatic carbocycles. The van der Waals surface area contributed by atoms with Crippen molar-refractivity contribution in [1.82, 2.24) is 9.97 Å². The number of thiophene rings is 1. The Morgan fingerprint density at radius 1 is 1.17 bits per heavy atom. The van der Waals surface area contributed by atoms with Crippen LogP contribution in [0, 0.1) is 0 Å². The van der Waals surface area contributed by atoms with Crippen LogP contribution in [-0.2, 0) is 4.79 Å². The van der Waals surface area contributed by atoms with Crippen LogP contribution in [0.4, 0.5) is 0 Å².